The van der Waals surface area contributed by atoms with Crippen molar-refractivity contribution in [3.8, 4) is 0 Å². The van der Waals surface area contributed by atoms with E-state index in [1.165, 1.54) is 11.1 Å². The van der Waals surface area contributed by atoms with E-state index >= 15 is 0 Å². The van der Waals surface area contributed by atoms with Crippen LogP contribution in [0.5, 0.6) is 0 Å². The normalized spacial score (nSPS) is 15.4. The molecule has 0 atom stereocenters. The van der Waals surface area contributed by atoms with E-state index in [9.17, 15) is 4.79 Å². The molecule has 1 heterocycles. The molecule has 0 spiro atoms. The highest BCUT2D eigenvalue weighted by molar-refractivity contribution is 5.94. The van der Waals surface area contributed by atoms with Crippen molar-refractivity contribution in [2.24, 2.45) is 0 Å². The van der Waals surface area contributed by atoms with Gasteiger partial charge in [-0.1, -0.05) is 24.3 Å². The number of amides is 1. The van der Waals surface area contributed by atoms with Crippen LogP contribution in [0.3, 0.4) is 0 Å². The Labute approximate surface area is 155 Å². The summed E-state index contributed by atoms with van der Waals surface area (Å²) in [7, 11) is 0. The first-order valence-corrected chi connectivity index (χ1v) is 8.55. The molecule has 4 nitrogen and oxygen atoms in total. The summed E-state index contributed by atoms with van der Waals surface area (Å²) >= 11 is 0. The summed E-state index contributed by atoms with van der Waals surface area (Å²) in [4.78, 5) is 14.7. The fourth-order valence-corrected chi connectivity index (χ4v) is 3.17. The Hall–Kier alpha value is -2.04. The first-order chi connectivity index (χ1) is 11.6. The predicted octanol–water partition coefficient (Wildman–Crippen LogP) is 3.39. The van der Waals surface area contributed by atoms with E-state index in [1.807, 2.05) is 0 Å². The quantitative estimate of drug-likeness (QED) is 0.822. The number of carbonyl (C=O) groups is 1. The smallest absolute Gasteiger partial charge is 0.251 e. The second kappa shape index (κ2) is 8.88. The molecule has 1 aliphatic heterocycles. The first-order valence-electron chi connectivity index (χ1n) is 8.55. The fourth-order valence-electron chi connectivity index (χ4n) is 3.17. The predicted molar refractivity (Wildman–Crippen MR) is 105 cm³/mol. The molecule has 0 radical (unpaired) electrons. The van der Waals surface area contributed by atoms with Crippen molar-refractivity contribution in [3.05, 3.63) is 65.2 Å². The van der Waals surface area contributed by atoms with Crippen molar-refractivity contribution < 1.29 is 4.79 Å². The highest BCUT2D eigenvalue weighted by Gasteiger charge is 2.21. The molecule has 1 fully saturated rings. The number of aryl methyl sites for hydroxylation is 1. The van der Waals surface area contributed by atoms with Gasteiger partial charge in [-0.2, -0.15) is 0 Å². The molecule has 0 unspecified atom stereocenters. The summed E-state index contributed by atoms with van der Waals surface area (Å²) < 4.78 is 0. The number of hydrogen-bond acceptors (Lipinski definition) is 3. The van der Waals surface area contributed by atoms with Gasteiger partial charge in [0.1, 0.15) is 0 Å². The molecule has 134 valence electrons. The van der Waals surface area contributed by atoms with E-state index in [0.29, 0.717) is 11.3 Å². The minimum atomic E-state index is -0.00708. The Bertz CT molecular complexity index is 694. The second-order valence-corrected chi connectivity index (χ2v) is 6.57. The van der Waals surface area contributed by atoms with Crippen LogP contribution in [0, 0.1) is 6.92 Å². The van der Waals surface area contributed by atoms with Gasteiger partial charge in [-0.05, 0) is 55.2 Å². The molecular formula is C20H26ClN3O. The largest absolute Gasteiger partial charge is 0.399 e. The fraction of sp³-hybridized carbons (Fsp3) is 0.350. The highest BCUT2D eigenvalue weighted by atomic mass is 35.5. The van der Waals surface area contributed by atoms with Crippen LogP contribution in [0.2, 0.25) is 0 Å². The van der Waals surface area contributed by atoms with Gasteiger partial charge in [0.2, 0.25) is 0 Å². The van der Waals surface area contributed by atoms with Crippen LogP contribution in [0.4, 0.5) is 5.69 Å². The molecule has 1 saturated heterocycles. The van der Waals surface area contributed by atoms with Gasteiger partial charge in [0, 0.05) is 36.9 Å². The minimum Gasteiger partial charge on any atom is -0.399 e. The van der Waals surface area contributed by atoms with Gasteiger partial charge in [-0.25, -0.2) is 0 Å². The summed E-state index contributed by atoms with van der Waals surface area (Å²) in [5.74, 6) is -0.00708. The maximum atomic E-state index is 12.3. The molecule has 3 rings (SSSR count). The topological polar surface area (TPSA) is 58.4 Å². The average molecular weight is 360 g/mol. The van der Waals surface area contributed by atoms with E-state index in [2.05, 4.69) is 41.4 Å². The highest BCUT2D eigenvalue weighted by Crippen LogP contribution is 2.16. The third-order valence-corrected chi connectivity index (χ3v) is 4.75. The monoisotopic (exact) mass is 359 g/mol. The number of benzene rings is 2. The van der Waals surface area contributed by atoms with Gasteiger partial charge in [0.05, 0.1) is 0 Å². The number of nitrogens with zero attached hydrogens (tertiary/aromatic N) is 1. The number of nitrogens with one attached hydrogen (secondary N) is 1. The number of nitrogen functional groups attached to an aromatic ring is 1. The third-order valence-electron chi connectivity index (χ3n) is 4.75. The number of rotatable bonds is 4. The lowest BCUT2D eigenvalue weighted by Crippen LogP contribution is -2.44. The van der Waals surface area contributed by atoms with E-state index < -0.39 is 0 Å². The third kappa shape index (κ3) is 5.21. The number of likely N-dealkylation sites (tertiary alicyclic amines) is 1. The van der Waals surface area contributed by atoms with Crippen molar-refractivity contribution in [1.82, 2.24) is 10.2 Å². The number of hydrogen-bond donors (Lipinski definition) is 2. The molecule has 0 bridgehead atoms. The van der Waals surface area contributed by atoms with Gasteiger partial charge in [-0.3, -0.25) is 9.69 Å². The van der Waals surface area contributed by atoms with Gasteiger partial charge in [-0.15, -0.1) is 12.4 Å². The van der Waals surface area contributed by atoms with Gasteiger partial charge in [0.15, 0.2) is 0 Å². The Morgan fingerprint density at radius 1 is 1.12 bits per heavy atom. The zero-order chi connectivity index (χ0) is 16.9. The molecule has 1 amide bonds. The lowest BCUT2D eigenvalue weighted by Gasteiger charge is -2.32. The molecule has 2 aromatic rings. The molecule has 1 aliphatic rings. The number of piperidine rings is 1. The maximum absolute atomic E-state index is 12.3. The van der Waals surface area contributed by atoms with E-state index in [4.69, 9.17) is 5.73 Å². The number of halogens is 1. The zero-order valence-electron chi connectivity index (χ0n) is 14.6. The number of carbonyl (C=O) groups excluding carboxylic acids is 1. The summed E-state index contributed by atoms with van der Waals surface area (Å²) in [5, 5.41) is 3.14. The van der Waals surface area contributed by atoms with Crippen molar-refractivity contribution in [1.29, 1.82) is 0 Å². The molecule has 3 N–H and O–H groups in total. The molecule has 0 aliphatic carbocycles. The number of anilines is 1. The van der Waals surface area contributed by atoms with Crippen molar-refractivity contribution in [3.63, 3.8) is 0 Å². The van der Waals surface area contributed by atoms with Crippen LogP contribution < -0.4 is 11.1 Å². The molecule has 2 aromatic carbocycles. The average Bonchev–Trinajstić information content (AvgIpc) is 2.59. The Morgan fingerprint density at radius 2 is 1.76 bits per heavy atom. The lowest BCUT2D eigenvalue weighted by atomic mass is 10.0. The van der Waals surface area contributed by atoms with Gasteiger partial charge >= 0.3 is 0 Å². The van der Waals surface area contributed by atoms with Gasteiger partial charge < -0.3 is 11.1 Å². The van der Waals surface area contributed by atoms with Crippen molar-refractivity contribution in [2.45, 2.75) is 32.4 Å². The van der Waals surface area contributed by atoms with Crippen LogP contribution >= 0.6 is 12.4 Å². The van der Waals surface area contributed by atoms with Crippen LogP contribution in [0.1, 0.15) is 34.3 Å². The van der Waals surface area contributed by atoms with Crippen LogP contribution in [-0.2, 0) is 6.54 Å². The zero-order valence-corrected chi connectivity index (χ0v) is 15.4. The maximum Gasteiger partial charge on any atom is 0.251 e. The molecule has 0 saturated carbocycles. The molecule has 0 aromatic heterocycles. The van der Waals surface area contributed by atoms with E-state index in [1.54, 1.807) is 24.3 Å². The molecule has 5 heteroatoms. The van der Waals surface area contributed by atoms with Crippen LogP contribution in [-0.4, -0.2) is 29.9 Å². The lowest BCUT2D eigenvalue weighted by molar-refractivity contribution is 0.0909. The number of nitrogens with two attached hydrogens (primary N) is 1. The summed E-state index contributed by atoms with van der Waals surface area (Å²) in [6, 6.07) is 15.9. The summed E-state index contributed by atoms with van der Waals surface area (Å²) in [6.07, 6.45) is 1.99. The summed E-state index contributed by atoms with van der Waals surface area (Å²) in [6.45, 7) is 5.18. The van der Waals surface area contributed by atoms with Crippen LogP contribution in [0.25, 0.3) is 0 Å². The Kier molecular flexibility index (Phi) is 6.85. The van der Waals surface area contributed by atoms with Crippen molar-refractivity contribution in [2.75, 3.05) is 18.8 Å². The Balaban J connectivity index is 0.00000225. The minimum absolute atomic E-state index is 0. The van der Waals surface area contributed by atoms with Gasteiger partial charge in [0.25, 0.3) is 5.91 Å². The van der Waals surface area contributed by atoms with E-state index in [0.717, 1.165) is 32.5 Å². The standard InChI is InChI=1S/C20H25N3O.ClH/c1-15-4-2-3-5-17(15)14-23-12-10-19(11-13-23)22-20(24)16-6-8-18(21)9-7-16;/h2-9,19H,10-14,21H2,1H3,(H,22,24);1H. The SMILES string of the molecule is Cc1ccccc1CN1CCC(NC(=O)c2ccc(N)cc2)CC1.Cl. The van der Waals surface area contributed by atoms with Crippen molar-refractivity contribution >= 4 is 24.0 Å². The van der Waals surface area contributed by atoms with E-state index in [-0.39, 0.29) is 24.4 Å². The molecular weight excluding hydrogens is 334 g/mol. The molecule has 25 heavy (non-hydrogen) atoms. The summed E-state index contributed by atoms with van der Waals surface area (Å²) in [5.41, 5.74) is 9.75. The Morgan fingerprint density at radius 3 is 2.40 bits per heavy atom. The second-order valence-electron chi connectivity index (χ2n) is 6.57. The van der Waals surface area contributed by atoms with Crippen LogP contribution in [0.15, 0.2) is 48.5 Å². The first kappa shape index (κ1) is 19.3.